The third-order valence-electron chi connectivity index (χ3n) is 3.23. The van der Waals surface area contributed by atoms with Crippen molar-refractivity contribution in [3.8, 4) is 0 Å². The van der Waals surface area contributed by atoms with Crippen LogP contribution in [0.3, 0.4) is 0 Å². The first-order chi connectivity index (χ1) is 6.61. The van der Waals surface area contributed by atoms with Crippen molar-refractivity contribution < 1.29 is 8.78 Å². The average Bonchev–Trinajstić information content (AvgIpc) is 2.09. The third kappa shape index (κ3) is 1.66. The summed E-state index contributed by atoms with van der Waals surface area (Å²) in [5.41, 5.74) is 0.387. The van der Waals surface area contributed by atoms with Crippen LogP contribution in [0.1, 0.15) is 31.7 Å². The normalized spacial score (nSPS) is 19.1. The Morgan fingerprint density at radius 3 is 2.21 bits per heavy atom. The molecule has 0 aliphatic heterocycles. The molecule has 0 heterocycles. The second kappa shape index (κ2) is 3.34. The van der Waals surface area contributed by atoms with E-state index in [1.807, 2.05) is 0 Å². The molecule has 14 heavy (non-hydrogen) atoms. The van der Waals surface area contributed by atoms with Crippen LogP contribution in [-0.2, 0) is 6.42 Å². The first-order valence-corrected chi connectivity index (χ1v) is 5.04. The van der Waals surface area contributed by atoms with Gasteiger partial charge in [0.25, 0.3) is 0 Å². The van der Waals surface area contributed by atoms with E-state index >= 15 is 0 Å². The molecule has 0 aromatic heterocycles. The Labute approximate surface area is 82.9 Å². The summed E-state index contributed by atoms with van der Waals surface area (Å²) in [6.45, 7) is 2.10. The highest BCUT2D eigenvalue weighted by atomic mass is 19.1. The van der Waals surface area contributed by atoms with Crippen LogP contribution in [0.4, 0.5) is 8.78 Å². The highest BCUT2D eigenvalue weighted by Gasteiger charge is 2.33. The molecule has 0 N–H and O–H groups in total. The summed E-state index contributed by atoms with van der Waals surface area (Å²) in [4.78, 5) is 0. The van der Waals surface area contributed by atoms with E-state index in [-0.39, 0.29) is 11.0 Å². The van der Waals surface area contributed by atoms with E-state index in [1.165, 1.54) is 24.6 Å². The van der Waals surface area contributed by atoms with E-state index in [4.69, 9.17) is 0 Å². The van der Waals surface area contributed by atoms with Crippen LogP contribution < -0.4 is 0 Å². The van der Waals surface area contributed by atoms with Gasteiger partial charge in [-0.05, 0) is 36.8 Å². The van der Waals surface area contributed by atoms with E-state index in [0.717, 1.165) is 12.8 Å². The molecule has 0 nitrogen and oxygen atoms in total. The zero-order valence-corrected chi connectivity index (χ0v) is 8.32. The Balaban J connectivity index is 2.23. The van der Waals surface area contributed by atoms with Crippen LogP contribution >= 0.6 is 0 Å². The van der Waals surface area contributed by atoms with E-state index in [9.17, 15) is 8.78 Å². The maximum absolute atomic E-state index is 13.3. The van der Waals surface area contributed by atoms with Crippen LogP contribution in [0, 0.1) is 17.0 Å². The van der Waals surface area contributed by atoms with Crippen LogP contribution in [-0.4, -0.2) is 0 Å². The van der Waals surface area contributed by atoms with Crippen molar-refractivity contribution in [1.82, 2.24) is 0 Å². The van der Waals surface area contributed by atoms with Crippen LogP contribution in [0.2, 0.25) is 0 Å². The minimum absolute atomic E-state index is 0.128. The second-order valence-corrected chi connectivity index (χ2v) is 4.54. The summed E-state index contributed by atoms with van der Waals surface area (Å²) in [6.07, 6.45) is 3.89. The lowest BCUT2D eigenvalue weighted by molar-refractivity contribution is 0.157. The average molecular weight is 196 g/mol. The monoisotopic (exact) mass is 196 g/mol. The SMILES string of the molecule is CC1(Cc2c(F)cccc2F)CCC1. The van der Waals surface area contributed by atoms with Gasteiger partial charge in [-0.25, -0.2) is 8.78 Å². The third-order valence-corrected chi connectivity index (χ3v) is 3.23. The van der Waals surface area contributed by atoms with E-state index in [1.54, 1.807) is 0 Å². The molecule has 0 bridgehead atoms. The smallest absolute Gasteiger partial charge is 0.129 e. The van der Waals surface area contributed by atoms with Gasteiger partial charge in [-0.1, -0.05) is 19.4 Å². The Kier molecular flexibility index (Phi) is 2.30. The number of benzene rings is 1. The fourth-order valence-corrected chi connectivity index (χ4v) is 2.09. The molecule has 0 amide bonds. The summed E-state index contributed by atoms with van der Waals surface area (Å²) in [7, 11) is 0. The molecule has 1 saturated carbocycles. The van der Waals surface area contributed by atoms with Gasteiger partial charge < -0.3 is 0 Å². The van der Waals surface area contributed by atoms with Crippen LogP contribution in [0.15, 0.2) is 18.2 Å². The van der Waals surface area contributed by atoms with Crippen molar-refractivity contribution >= 4 is 0 Å². The van der Waals surface area contributed by atoms with Gasteiger partial charge >= 0.3 is 0 Å². The maximum atomic E-state index is 13.3. The molecular weight excluding hydrogens is 182 g/mol. The van der Waals surface area contributed by atoms with Gasteiger partial charge in [0.05, 0.1) is 0 Å². The Morgan fingerprint density at radius 2 is 1.79 bits per heavy atom. The van der Waals surface area contributed by atoms with Crippen molar-refractivity contribution in [2.24, 2.45) is 5.41 Å². The molecule has 0 unspecified atom stereocenters. The maximum Gasteiger partial charge on any atom is 0.129 e. The van der Waals surface area contributed by atoms with Crippen molar-refractivity contribution in [3.63, 3.8) is 0 Å². The Bertz CT molecular complexity index is 320. The van der Waals surface area contributed by atoms with Crippen molar-refractivity contribution in [1.29, 1.82) is 0 Å². The highest BCUT2D eigenvalue weighted by molar-refractivity contribution is 5.21. The lowest BCUT2D eigenvalue weighted by atomic mass is 9.67. The molecule has 2 rings (SSSR count). The predicted molar refractivity (Wildman–Crippen MR) is 52.0 cm³/mol. The fraction of sp³-hybridized carbons (Fsp3) is 0.500. The summed E-state index contributed by atoms with van der Waals surface area (Å²) in [5.74, 6) is -0.809. The molecule has 1 aromatic rings. The lowest BCUT2D eigenvalue weighted by Gasteiger charge is -2.38. The second-order valence-electron chi connectivity index (χ2n) is 4.54. The molecule has 1 aromatic carbocycles. The highest BCUT2D eigenvalue weighted by Crippen LogP contribution is 2.43. The number of rotatable bonds is 2. The molecule has 0 atom stereocenters. The summed E-state index contributed by atoms with van der Waals surface area (Å²) in [5, 5.41) is 0. The first kappa shape index (κ1) is 9.63. The molecule has 1 fully saturated rings. The van der Waals surface area contributed by atoms with Crippen LogP contribution in [0.25, 0.3) is 0 Å². The van der Waals surface area contributed by atoms with Gasteiger partial charge in [0, 0.05) is 5.56 Å². The van der Waals surface area contributed by atoms with Crippen molar-refractivity contribution in [2.75, 3.05) is 0 Å². The van der Waals surface area contributed by atoms with E-state index < -0.39 is 11.6 Å². The Morgan fingerprint density at radius 1 is 1.21 bits per heavy atom. The Hall–Kier alpha value is -0.920. The standard InChI is InChI=1S/C12H14F2/c1-12(6-3-7-12)8-9-10(13)4-2-5-11(9)14/h2,4-5H,3,6-8H2,1H3. The van der Waals surface area contributed by atoms with Gasteiger partial charge in [0.1, 0.15) is 11.6 Å². The molecule has 0 spiro atoms. The van der Waals surface area contributed by atoms with Gasteiger partial charge in [0.15, 0.2) is 0 Å². The van der Waals surface area contributed by atoms with Crippen molar-refractivity contribution in [3.05, 3.63) is 35.4 Å². The molecule has 1 aliphatic carbocycles. The summed E-state index contributed by atoms with van der Waals surface area (Å²) in [6, 6.07) is 4.08. The number of hydrogen-bond donors (Lipinski definition) is 0. The number of halogens is 2. The first-order valence-electron chi connectivity index (χ1n) is 5.04. The van der Waals surface area contributed by atoms with E-state index in [0.29, 0.717) is 6.42 Å². The minimum Gasteiger partial charge on any atom is -0.207 e. The minimum atomic E-state index is -0.405. The van der Waals surface area contributed by atoms with Gasteiger partial charge in [-0.3, -0.25) is 0 Å². The molecule has 76 valence electrons. The molecular formula is C12H14F2. The fourth-order valence-electron chi connectivity index (χ4n) is 2.09. The zero-order chi connectivity index (χ0) is 10.2. The van der Waals surface area contributed by atoms with Gasteiger partial charge in [0.2, 0.25) is 0 Å². The largest absolute Gasteiger partial charge is 0.207 e. The van der Waals surface area contributed by atoms with Crippen LogP contribution in [0.5, 0.6) is 0 Å². The molecule has 0 radical (unpaired) electrons. The topological polar surface area (TPSA) is 0 Å². The lowest BCUT2D eigenvalue weighted by Crippen LogP contribution is -2.28. The molecule has 1 aliphatic rings. The van der Waals surface area contributed by atoms with Gasteiger partial charge in [-0.15, -0.1) is 0 Å². The quantitative estimate of drug-likeness (QED) is 0.676. The van der Waals surface area contributed by atoms with Gasteiger partial charge in [-0.2, -0.15) is 0 Å². The molecule has 2 heteroatoms. The summed E-state index contributed by atoms with van der Waals surface area (Å²) < 4.78 is 26.6. The number of hydrogen-bond acceptors (Lipinski definition) is 0. The van der Waals surface area contributed by atoms with Crippen molar-refractivity contribution in [2.45, 2.75) is 32.6 Å². The predicted octanol–water partition coefficient (Wildman–Crippen LogP) is 3.70. The van der Waals surface area contributed by atoms with E-state index in [2.05, 4.69) is 6.92 Å². The zero-order valence-electron chi connectivity index (χ0n) is 8.32. The summed E-state index contributed by atoms with van der Waals surface area (Å²) >= 11 is 0. The molecule has 0 saturated heterocycles.